The van der Waals surface area contributed by atoms with Crippen LogP contribution < -0.4 is 10.2 Å². The van der Waals surface area contributed by atoms with Gasteiger partial charge in [0.2, 0.25) is 5.91 Å². The summed E-state index contributed by atoms with van der Waals surface area (Å²) in [5.41, 5.74) is 6.19. The molecule has 1 atom stereocenters. The number of amides is 1. The fraction of sp³-hybridized carbons (Fsp3) is 0.222. The SMILES string of the molecule is Cc1cc2ccc(N3CCc4ccccc43)nc2cc1C[C@]1(C)C(=O)Nc2ncccc21. The van der Waals surface area contributed by atoms with Crippen molar-refractivity contribution < 1.29 is 4.79 Å². The van der Waals surface area contributed by atoms with Crippen LogP contribution in [0, 0.1) is 6.92 Å². The van der Waals surface area contributed by atoms with Gasteiger partial charge in [0.15, 0.2) is 0 Å². The molecule has 1 amide bonds. The van der Waals surface area contributed by atoms with Gasteiger partial charge in [-0.2, -0.15) is 0 Å². The smallest absolute Gasteiger partial charge is 0.236 e. The summed E-state index contributed by atoms with van der Waals surface area (Å²) in [5.74, 6) is 1.64. The Balaban J connectivity index is 1.40. The molecule has 4 heterocycles. The molecule has 0 spiro atoms. The zero-order valence-electron chi connectivity index (χ0n) is 18.2. The highest BCUT2D eigenvalue weighted by Crippen LogP contribution is 2.40. The van der Waals surface area contributed by atoms with E-state index in [1.54, 1.807) is 6.20 Å². The van der Waals surface area contributed by atoms with Gasteiger partial charge in [-0.3, -0.25) is 4.79 Å². The Kier molecular flexibility index (Phi) is 4.09. The van der Waals surface area contributed by atoms with Crippen LogP contribution in [0.2, 0.25) is 0 Å². The van der Waals surface area contributed by atoms with Crippen molar-refractivity contribution in [1.82, 2.24) is 9.97 Å². The minimum Gasteiger partial charge on any atom is -0.326 e. The van der Waals surface area contributed by atoms with E-state index in [1.165, 1.54) is 16.8 Å². The highest BCUT2D eigenvalue weighted by Gasteiger charge is 2.43. The fourth-order valence-corrected chi connectivity index (χ4v) is 5.11. The molecular weight excluding hydrogens is 396 g/mol. The number of aryl methyl sites for hydroxylation is 1. The van der Waals surface area contributed by atoms with Crippen molar-refractivity contribution in [2.75, 3.05) is 16.8 Å². The predicted molar refractivity (Wildman–Crippen MR) is 128 cm³/mol. The summed E-state index contributed by atoms with van der Waals surface area (Å²) >= 11 is 0. The molecule has 2 aliphatic rings. The maximum atomic E-state index is 12.9. The van der Waals surface area contributed by atoms with Crippen LogP contribution in [0.3, 0.4) is 0 Å². The van der Waals surface area contributed by atoms with E-state index in [1.807, 2.05) is 19.1 Å². The average molecular weight is 421 g/mol. The van der Waals surface area contributed by atoms with Crippen molar-refractivity contribution >= 4 is 34.1 Å². The molecule has 5 heteroatoms. The molecule has 1 N–H and O–H groups in total. The normalized spacial score (nSPS) is 19.2. The number of carbonyl (C=O) groups is 1. The number of anilines is 3. The van der Waals surface area contributed by atoms with Gasteiger partial charge in [0.05, 0.1) is 10.9 Å². The largest absolute Gasteiger partial charge is 0.326 e. The molecule has 2 aliphatic heterocycles. The van der Waals surface area contributed by atoms with E-state index in [-0.39, 0.29) is 5.91 Å². The molecule has 2 aromatic carbocycles. The number of rotatable bonds is 3. The molecule has 0 radical (unpaired) electrons. The Bertz CT molecular complexity index is 1400. The molecule has 0 bridgehead atoms. The molecule has 4 aromatic rings. The van der Waals surface area contributed by atoms with Gasteiger partial charge in [-0.1, -0.05) is 24.3 Å². The number of pyridine rings is 2. The first-order valence-electron chi connectivity index (χ1n) is 11.1. The van der Waals surface area contributed by atoms with E-state index in [4.69, 9.17) is 4.98 Å². The van der Waals surface area contributed by atoms with Crippen LogP contribution in [-0.4, -0.2) is 22.4 Å². The van der Waals surface area contributed by atoms with Crippen molar-refractivity contribution in [3.8, 4) is 0 Å². The second-order valence-electron chi connectivity index (χ2n) is 9.03. The Morgan fingerprint density at radius 2 is 1.97 bits per heavy atom. The molecule has 0 unspecified atom stereocenters. The van der Waals surface area contributed by atoms with Crippen LogP contribution in [0.15, 0.2) is 66.9 Å². The molecular formula is C27H24N4O. The minimum absolute atomic E-state index is 0.00100. The third-order valence-electron chi connectivity index (χ3n) is 6.98. The highest BCUT2D eigenvalue weighted by atomic mass is 16.2. The van der Waals surface area contributed by atoms with Gasteiger partial charge in [0.25, 0.3) is 0 Å². The monoisotopic (exact) mass is 420 g/mol. The van der Waals surface area contributed by atoms with Crippen LogP contribution in [0.1, 0.15) is 29.2 Å². The first kappa shape index (κ1) is 19.0. The van der Waals surface area contributed by atoms with E-state index < -0.39 is 5.41 Å². The first-order chi connectivity index (χ1) is 15.5. The van der Waals surface area contributed by atoms with Crippen molar-refractivity contribution in [1.29, 1.82) is 0 Å². The highest BCUT2D eigenvalue weighted by molar-refractivity contribution is 6.05. The molecule has 5 nitrogen and oxygen atoms in total. The van der Waals surface area contributed by atoms with Crippen molar-refractivity contribution in [3.63, 3.8) is 0 Å². The second kappa shape index (κ2) is 6.89. The zero-order chi connectivity index (χ0) is 21.9. The van der Waals surface area contributed by atoms with Gasteiger partial charge >= 0.3 is 0 Å². The van der Waals surface area contributed by atoms with Gasteiger partial charge in [-0.05, 0) is 79.8 Å². The van der Waals surface area contributed by atoms with E-state index >= 15 is 0 Å². The molecule has 0 saturated heterocycles. The third-order valence-corrected chi connectivity index (χ3v) is 6.98. The topological polar surface area (TPSA) is 58.1 Å². The summed E-state index contributed by atoms with van der Waals surface area (Å²) in [6, 6.07) is 21.0. The van der Waals surface area contributed by atoms with Gasteiger partial charge in [-0.15, -0.1) is 0 Å². The molecule has 6 rings (SSSR count). The molecule has 0 saturated carbocycles. The standard InChI is InChI=1S/C27H24N4O/c1-17-14-19-9-10-24(31-13-11-18-6-3-4-8-23(18)31)29-22(19)15-20(17)16-27(2)21-7-5-12-28-25(21)30-26(27)32/h3-10,12,14-15H,11,13,16H2,1-2H3,(H,28,30,32)/t27-/m0/s1. The lowest BCUT2D eigenvalue weighted by molar-refractivity contribution is -0.120. The van der Waals surface area contributed by atoms with Crippen molar-refractivity contribution in [2.24, 2.45) is 0 Å². The number of aromatic nitrogens is 2. The molecule has 158 valence electrons. The zero-order valence-corrected chi connectivity index (χ0v) is 18.2. The lowest BCUT2D eigenvalue weighted by atomic mass is 9.78. The predicted octanol–water partition coefficient (Wildman–Crippen LogP) is 5.08. The van der Waals surface area contributed by atoms with Gasteiger partial charge in [0.1, 0.15) is 11.6 Å². The van der Waals surface area contributed by atoms with Gasteiger partial charge in [-0.25, -0.2) is 9.97 Å². The van der Waals surface area contributed by atoms with Crippen LogP contribution in [0.4, 0.5) is 17.3 Å². The number of para-hydroxylation sites is 1. The number of hydrogen-bond donors (Lipinski definition) is 1. The van der Waals surface area contributed by atoms with E-state index in [0.29, 0.717) is 12.2 Å². The van der Waals surface area contributed by atoms with Crippen molar-refractivity contribution in [3.05, 3.63) is 89.1 Å². The third kappa shape index (κ3) is 2.81. The number of nitrogens with zero attached hydrogens (tertiary/aromatic N) is 3. The number of nitrogens with one attached hydrogen (secondary N) is 1. The molecule has 0 aliphatic carbocycles. The first-order valence-corrected chi connectivity index (χ1v) is 11.1. The van der Waals surface area contributed by atoms with Crippen LogP contribution in [0.5, 0.6) is 0 Å². The van der Waals surface area contributed by atoms with Gasteiger partial charge < -0.3 is 10.2 Å². The summed E-state index contributed by atoms with van der Waals surface area (Å²) in [5, 5.41) is 4.06. The Labute approximate surface area is 187 Å². The second-order valence-corrected chi connectivity index (χ2v) is 9.03. The fourth-order valence-electron chi connectivity index (χ4n) is 5.11. The number of fused-ring (bicyclic) bond motifs is 3. The summed E-state index contributed by atoms with van der Waals surface area (Å²) in [6.45, 7) is 5.06. The summed E-state index contributed by atoms with van der Waals surface area (Å²) in [6.07, 6.45) is 3.36. The lowest BCUT2D eigenvalue weighted by Gasteiger charge is -2.23. The van der Waals surface area contributed by atoms with Crippen LogP contribution >= 0.6 is 0 Å². The van der Waals surface area contributed by atoms with Crippen LogP contribution in [-0.2, 0) is 23.1 Å². The summed E-state index contributed by atoms with van der Waals surface area (Å²) in [7, 11) is 0. The minimum atomic E-state index is -0.645. The molecule has 2 aromatic heterocycles. The Morgan fingerprint density at radius 1 is 1.09 bits per heavy atom. The van der Waals surface area contributed by atoms with Gasteiger partial charge in [0, 0.05) is 29.4 Å². The van der Waals surface area contributed by atoms with Crippen molar-refractivity contribution in [2.45, 2.75) is 32.1 Å². The maximum Gasteiger partial charge on any atom is 0.236 e. The molecule has 0 fully saturated rings. The van der Waals surface area contributed by atoms with Crippen LogP contribution in [0.25, 0.3) is 10.9 Å². The number of benzene rings is 2. The number of hydrogen-bond acceptors (Lipinski definition) is 4. The maximum absolute atomic E-state index is 12.9. The average Bonchev–Trinajstić information content (AvgIpc) is 3.33. The van der Waals surface area contributed by atoms with E-state index in [0.717, 1.165) is 40.8 Å². The Hall–Kier alpha value is -3.73. The number of carbonyl (C=O) groups excluding carboxylic acids is 1. The quantitative estimate of drug-likeness (QED) is 0.502. The summed E-state index contributed by atoms with van der Waals surface area (Å²) < 4.78 is 0. The summed E-state index contributed by atoms with van der Waals surface area (Å²) in [4.78, 5) is 24.6. The Morgan fingerprint density at radius 3 is 2.88 bits per heavy atom. The van der Waals surface area contributed by atoms with E-state index in [9.17, 15) is 4.79 Å². The van der Waals surface area contributed by atoms with E-state index in [2.05, 4.69) is 70.7 Å². The molecule has 32 heavy (non-hydrogen) atoms. The lowest BCUT2D eigenvalue weighted by Crippen LogP contribution is -2.33.